The van der Waals surface area contributed by atoms with Crippen molar-refractivity contribution in [2.45, 2.75) is 96.3 Å². The Hall–Kier alpha value is -0.450. The zero-order chi connectivity index (χ0) is 21.7. The van der Waals surface area contributed by atoms with Crippen LogP contribution in [0.5, 0.6) is 0 Å². The van der Waals surface area contributed by atoms with Crippen LogP contribution in [0.2, 0.25) is 0 Å². The van der Waals surface area contributed by atoms with Gasteiger partial charge in [-0.15, -0.1) is 0 Å². The molecule has 12 atom stereocenters. The highest BCUT2D eigenvalue weighted by Crippen LogP contribution is 2.66. The average molecular weight is 430 g/mol. The van der Waals surface area contributed by atoms with E-state index in [-0.39, 0.29) is 17.4 Å². The third kappa shape index (κ3) is 2.93. The predicted octanol–water partition coefficient (Wildman–Crippen LogP) is 3.89. The standard InChI is InChI=1S/C27H43NO3/c1-15-4-7-25-27(3,31)21-6-5-17-18(20(21)14-28(25)13-15)11-22-19(17)12-24(30)23-10-16(29)8-9-26(22,23)2/h15-23,25,29,31H,4-14H2,1-3H3/t15-,16+,17-,18-,19+,20-,21+,22+,23-,25+,26-,27+/m1/s1. The minimum Gasteiger partial charge on any atom is -0.393 e. The molecule has 0 amide bonds. The molecule has 4 aliphatic carbocycles. The topological polar surface area (TPSA) is 60.8 Å². The van der Waals surface area contributed by atoms with Gasteiger partial charge in [-0.2, -0.15) is 0 Å². The normalized spacial score (nSPS) is 59.2. The number of hydrogen-bond acceptors (Lipinski definition) is 4. The lowest BCUT2D eigenvalue weighted by atomic mass is 9.51. The van der Waals surface area contributed by atoms with E-state index < -0.39 is 5.60 Å². The van der Waals surface area contributed by atoms with Crippen LogP contribution < -0.4 is 0 Å². The van der Waals surface area contributed by atoms with Crippen molar-refractivity contribution in [2.75, 3.05) is 13.1 Å². The number of nitrogens with zero attached hydrogens (tertiary/aromatic N) is 1. The molecule has 4 nitrogen and oxygen atoms in total. The van der Waals surface area contributed by atoms with E-state index >= 15 is 0 Å². The molecule has 2 N–H and O–H groups in total. The van der Waals surface area contributed by atoms with Gasteiger partial charge in [0.05, 0.1) is 11.7 Å². The Morgan fingerprint density at radius 2 is 1.71 bits per heavy atom. The number of ketones is 1. The molecule has 174 valence electrons. The van der Waals surface area contributed by atoms with E-state index in [2.05, 4.69) is 25.7 Å². The average Bonchev–Trinajstić information content (AvgIpc) is 3.09. The van der Waals surface area contributed by atoms with Gasteiger partial charge < -0.3 is 10.2 Å². The van der Waals surface area contributed by atoms with Crippen LogP contribution in [0.25, 0.3) is 0 Å². The summed E-state index contributed by atoms with van der Waals surface area (Å²) in [6.45, 7) is 9.23. The van der Waals surface area contributed by atoms with E-state index in [1.807, 2.05) is 0 Å². The number of piperidine rings is 2. The molecular formula is C27H43NO3. The van der Waals surface area contributed by atoms with Gasteiger partial charge in [0.15, 0.2) is 0 Å². The highest BCUT2D eigenvalue weighted by Gasteiger charge is 2.64. The lowest BCUT2D eigenvalue weighted by Crippen LogP contribution is -2.67. The van der Waals surface area contributed by atoms with Crippen molar-refractivity contribution in [1.82, 2.24) is 4.90 Å². The Balaban J connectivity index is 1.31. The molecule has 2 heterocycles. The summed E-state index contributed by atoms with van der Waals surface area (Å²) in [4.78, 5) is 15.9. The minimum absolute atomic E-state index is 0.0789. The molecule has 0 unspecified atom stereocenters. The Morgan fingerprint density at radius 1 is 0.903 bits per heavy atom. The van der Waals surface area contributed by atoms with Gasteiger partial charge in [-0.3, -0.25) is 9.69 Å². The third-order valence-corrected chi connectivity index (χ3v) is 11.8. The molecule has 0 spiro atoms. The van der Waals surface area contributed by atoms with Crippen LogP contribution in [-0.2, 0) is 4.79 Å². The lowest BCUT2D eigenvalue weighted by Gasteiger charge is -2.59. The maximum Gasteiger partial charge on any atom is 0.136 e. The summed E-state index contributed by atoms with van der Waals surface area (Å²) in [6, 6.07) is 0.341. The van der Waals surface area contributed by atoms with Crippen molar-refractivity contribution in [3.8, 4) is 0 Å². The fourth-order valence-corrected chi connectivity index (χ4v) is 10.4. The first-order valence-electron chi connectivity index (χ1n) is 13.4. The zero-order valence-electron chi connectivity index (χ0n) is 19.8. The maximum absolute atomic E-state index is 13.2. The van der Waals surface area contributed by atoms with Gasteiger partial charge in [-0.05, 0) is 105 Å². The Bertz CT molecular complexity index is 751. The van der Waals surface area contributed by atoms with Crippen molar-refractivity contribution in [3.63, 3.8) is 0 Å². The summed E-state index contributed by atoms with van der Waals surface area (Å²) >= 11 is 0. The SMILES string of the molecule is C[C@@H]1CC[C@@H]2N(C1)C[C@@H]1[C@@H]3C[C@H]4[C@@H](CC(=O)[C@H]5C[C@@H](O)CC[C@@]54C)[C@@H]3CC[C@@H]1[C@]2(C)O. The van der Waals surface area contributed by atoms with Gasteiger partial charge in [-0.25, -0.2) is 0 Å². The molecule has 0 aromatic heterocycles. The van der Waals surface area contributed by atoms with Crippen molar-refractivity contribution in [3.05, 3.63) is 0 Å². The first-order chi connectivity index (χ1) is 14.7. The van der Waals surface area contributed by atoms with E-state index in [4.69, 9.17) is 0 Å². The first-order valence-corrected chi connectivity index (χ1v) is 13.4. The molecule has 0 radical (unpaired) electrons. The minimum atomic E-state index is -0.570. The summed E-state index contributed by atoms with van der Waals surface area (Å²) in [6.07, 6.45) is 9.08. The fraction of sp³-hybridized carbons (Fsp3) is 0.963. The van der Waals surface area contributed by atoms with Gasteiger partial charge in [0.1, 0.15) is 5.78 Å². The van der Waals surface area contributed by atoms with Crippen LogP contribution in [-0.4, -0.2) is 51.7 Å². The molecule has 2 saturated heterocycles. The predicted molar refractivity (Wildman–Crippen MR) is 120 cm³/mol. The van der Waals surface area contributed by atoms with E-state index in [9.17, 15) is 15.0 Å². The van der Waals surface area contributed by atoms with Crippen LogP contribution in [0.3, 0.4) is 0 Å². The fourth-order valence-electron chi connectivity index (χ4n) is 10.4. The molecule has 0 aromatic carbocycles. The van der Waals surface area contributed by atoms with Gasteiger partial charge in [0.25, 0.3) is 0 Å². The number of rotatable bonds is 0. The molecule has 0 bridgehead atoms. The number of carbonyl (C=O) groups excluding carboxylic acids is 1. The number of aliphatic hydroxyl groups excluding tert-OH is 1. The highest BCUT2D eigenvalue weighted by atomic mass is 16.3. The van der Waals surface area contributed by atoms with Gasteiger partial charge in [0, 0.05) is 31.5 Å². The molecule has 4 heteroatoms. The lowest BCUT2D eigenvalue weighted by molar-refractivity contribution is -0.175. The third-order valence-electron chi connectivity index (χ3n) is 11.8. The zero-order valence-corrected chi connectivity index (χ0v) is 19.8. The van der Waals surface area contributed by atoms with Crippen LogP contribution in [0.1, 0.15) is 78.6 Å². The maximum atomic E-state index is 13.2. The van der Waals surface area contributed by atoms with Crippen molar-refractivity contribution in [1.29, 1.82) is 0 Å². The van der Waals surface area contributed by atoms with Crippen LogP contribution in [0, 0.1) is 52.8 Å². The first kappa shape index (κ1) is 21.1. The summed E-state index contributed by atoms with van der Waals surface area (Å²) in [5.74, 6) is 4.82. The Morgan fingerprint density at radius 3 is 2.52 bits per heavy atom. The van der Waals surface area contributed by atoms with Gasteiger partial charge in [-0.1, -0.05) is 13.8 Å². The molecule has 6 fully saturated rings. The second kappa shape index (κ2) is 7.03. The molecule has 0 aromatic rings. The summed E-state index contributed by atoms with van der Waals surface area (Å²) in [5, 5.41) is 22.1. The number of carbonyl (C=O) groups is 1. The van der Waals surface area contributed by atoms with Crippen LogP contribution >= 0.6 is 0 Å². The van der Waals surface area contributed by atoms with E-state index in [0.717, 1.165) is 44.6 Å². The van der Waals surface area contributed by atoms with Crippen LogP contribution in [0.15, 0.2) is 0 Å². The van der Waals surface area contributed by atoms with Crippen LogP contribution in [0.4, 0.5) is 0 Å². The summed E-state index contributed by atoms with van der Waals surface area (Å²) in [7, 11) is 0. The Labute approximate surface area is 188 Å². The number of fused-ring (bicyclic) bond motifs is 8. The molecular weight excluding hydrogens is 386 g/mol. The second-order valence-corrected chi connectivity index (χ2v) is 13.2. The van der Waals surface area contributed by atoms with Gasteiger partial charge in [0.2, 0.25) is 0 Å². The van der Waals surface area contributed by atoms with E-state index in [0.29, 0.717) is 53.8 Å². The smallest absolute Gasteiger partial charge is 0.136 e. The number of aliphatic hydroxyl groups is 2. The second-order valence-electron chi connectivity index (χ2n) is 13.2. The number of hydrogen-bond donors (Lipinski definition) is 2. The van der Waals surface area contributed by atoms with Crippen molar-refractivity contribution < 1.29 is 15.0 Å². The Kier molecular flexibility index (Phi) is 4.78. The quantitative estimate of drug-likeness (QED) is 0.613. The number of Topliss-reactive ketones (excluding diaryl/α,β-unsaturated/α-hetero) is 1. The molecule has 6 rings (SSSR count). The van der Waals surface area contributed by atoms with Crippen molar-refractivity contribution in [2.24, 2.45) is 52.8 Å². The largest absolute Gasteiger partial charge is 0.393 e. The van der Waals surface area contributed by atoms with E-state index in [1.165, 1.54) is 25.8 Å². The molecule has 4 saturated carbocycles. The summed E-state index contributed by atoms with van der Waals surface area (Å²) < 4.78 is 0. The van der Waals surface area contributed by atoms with E-state index in [1.54, 1.807) is 0 Å². The molecule has 31 heavy (non-hydrogen) atoms. The highest BCUT2D eigenvalue weighted by molar-refractivity contribution is 5.83. The summed E-state index contributed by atoms with van der Waals surface area (Å²) in [5.41, 5.74) is -0.482. The monoisotopic (exact) mass is 429 g/mol. The van der Waals surface area contributed by atoms with Gasteiger partial charge >= 0.3 is 0 Å². The van der Waals surface area contributed by atoms with Crippen molar-refractivity contribution >= 4 is 5.78 Å². The molecule has 2 aliphatic heterocycles. The molecule has 6 aliphatic rings.